The number of carbonyl (C=O) groups is 1. The normalized spacial score (nSPS) is 33.2. The predicted molar refractivity (Wildman–Crippen MR) is 62.1 cm³/mol. The average Bonchev–Trinajstić information content (AvgIpc) is 2.98. The Hall–Kier alpha value is -0.690. The summed E-state index contributed by atoms with van der Waals surface area (Å²) in [6.07, 6.45) is 2.50. The number of rotatable bonds is 4. The second-order valence-electron chi connectivity index (χ2n) is 4.79. The number of likely N-dealkylation sites (N-methyl/N-ethyl adjacent to an activating group) is 1. The van der Waals surface area contributed by atoms with Gasteiger partial charge >= 0.3 is 0 Å². The van der Waals surface area contributed by atoms with Crippen LogP contribution < -0.4 is 11.3 Å². The Morgan fingerprint density at radius 3 is 2.94 bits per heavy atom. The summed E-state index contributed by atoms with van der Waals surface area (Å²) in [5, 5.41) is 0. The molecular weight excluding hydrogens is 222 g/mol. The van der Waals surface area contributed by atoms with E-state index < -0.39 is 0 Å². The topological polar surface area (TPSA) is 76.8 Å². The number of hydrogen-bond donors (Lipinski definition) is 2. The lowest BCUT2D eigenvalue weighted by molar-refractivity contribution is -0.132. The van der Waals surface area contributed by atoms with E-state index in [1.54, 1.807) is 0 Å². The van der Waals surface area contributed by atoms with E-state index in [2.05, 4.69) is 17.4 Å². The molecule has 2 saturated heterocycles. The number of hydrazine groups is 1. The molecule has 2 heterocycles. The van der Waals surface area contributed by atoms with Crippen molar-refractivity contribution >= 4 is 5.91 Å². The first-order valence-electron chi connectivity index (χ1n) is 6.14. The van der Waals surface area contributed by atoms with Gasteiger partial charge in [0.1, 0.15) is 6.10 Å². The van der Waals surface area contributed by atoms with Gasteiger partial charge < -0.3 is 9.47 Å². The molecule has 0 saturated carbocycles. The van der Waals surface area contributed by atoms with Crippen LogP contribution in [0.3, 0.4) is 0 Å². The first-order chi connectivity index (χ1) is 8.20. The van der Waals surface area contributed by atoms with Crippen LogP contribution >= 0.6 is 0 Å². The van der Waals surface area contributed by atoms with Crippen LogP contribution in [0, 0.1) is 0 Å². The first-order valence-corrected chi connectivity index (χ1v) is 6.14. The first kappa shape index (κ1) is 12.8. The molecule has 1 amide bonds. The van der Waals surface area contributed by atoms with Gasteiger partial charge in [0.2, 0.25) is 0 Å². The molecule has 0 spiro atoms. The van der Waals surface area contributed by atoms with Crippen LogP contribution in [0.15, 0.2) is 0 Å². The zero-order valence-electron chi connectivity index (χ0n) is 10.2. The molecule has 2 fully saturated rings. The molecule has 0 bridgehead atoms. The summed E-state index contributed by atoms with van der Waals surface area (Å²) in [4.78, 5) is 13.6. The van der Waals surface area contributed by atoms with E-state index in [0.29, 0.717) is 6.04 Å². The van der Waals surface area contributed by atoms with Crippen LogP contribution in [-0.2, 0) is 14.3 Å². The van der Waals surface area contributed by atoms with E-state index in [0.717, 1.165) is 39.0 Å². The van der Waals surface area contributed by atoms with E-state index >= 15 is 0 Å². The lowest BCUT2D eigenvalue weighted by Gasteiger charge is -2.25. The predicted octanol–water partition coefficient (Wildman–Crippen LogP) is -0.755. The summed E-state index contributed by atoms with van der Waals surface area (Å²) < 4.78 is 11.0. The quantitative estimate of drug-likeness (QED) is 0.386. The lowest BCUT2D eigenvalue weighted by Crippen LogP contribution is -2.41. The molecule has 3 atom stereocenters. The number of nitrogens with two attached hydrogens (primary N) is 1. The molecule has 6 heteroatoms. The molecule has 6 nitrogen and oxygen atoms in total. The maximum Gasteiger partial charge on any atom is 0.263 e. The number of amides is 1. The van der Waals surface area contributed by atoms with Crippen molar-refractivity contribution in [2.24, 2.45) is 5.84 Å². The Labute approximate surface area is 101 Å². The molecule has 2 aliphatic rings. The number of ether oxygens (including phenoxy) is 2. The Morgan fingerprint density at radius 1 is 1.47 bits per heavy atom. The highest BCUT2D eigenvalue weighted by Crippen LogP contribution is 2.22. The van der Waals surface area contributed by atoms with Crippen molar-refractivity contribution in [2.45, 2.75) is 37.5 Å². The zero-order valence-corrected chi connectivity index (χ0v) is 10.2. The third kappa shape index (κ3) is 3.16. The molecule has 2 aliphatic heterocycles. The molecule has 2 rings (SSSR count). The van der Waals surface area contributed by atoms with Crippen LogP contribution in [0.2, 0.25) is 0 Å². The highest BCUT2D eigenvalue weighted by molar-refractivity contribution is 5.80. The summed E-state index contributed by atoms with van der Waals surface area (Å²) in [5.41, 5.74) is 2.14. The molecule has 0 radical (unpaired) electrons. The minimum Gasteiger partial charge on any atom is -0.380 e. The maximum absolute atomic E-state index is 11.3. The molecule has 0 aromatic rings. The Balaban J connectivity index is 1.75. The summed E-state index contributed by atoms with van der Waals surface area (Å²) in [7, 11) is 2.08. The smallest absolute Gasteiger partial charge is 0.263 e. The molecule has 0 aromatic carbocycles. The second kappa shape index (κ2) is 5.77. The third-order valence-electron chi connectivity index (χ3n) is 3.56. The van der Waals surface area contributed by atoms with Crippen molar-refractivity contribution in [3.8, 4) is 0 Å². The van der Waals surface area contributed by atoms with Gasteiger partial charge in [0.15, 0.2) is 0 Å². The van der Waals surface area contributed by atoms with Crippen molar-refractivity contribution in [2.75, 3.05) is 26.8 Å². The van der Waals surface area contributed by atoms with Crippen LogP contribution in [0.5, 0.6) is 0 Å². The Morgan fingerprint density at radius 2 is 2.29 bits per heavy atom. The van der Waals surface area contributed by atoms with Crippen molar-refractivity contribution in [3.63, 3.8) is 0 Å². The monoisotopic (exact) mass is 243 g/mol. The van der Waals surface area contributed by atoms with Gasteiger partial charge in [0.05, 0.1) is 12.7 Å². The van der Waals surface area contributed by atoms with E-state index in [-0.39, 0.29) is 18.1 Å². The van der Waals surface area contributed by atoms with Gasteiger partial charge in [-0.1, -0.05) is 0 Å². The minimum absolute atomic E-state index is 0.128. The number of hydrogen-bond acceptors (Lipinski definition) is 5. The Kier molecular flexibility index (Phi) is 4.33. The van der Waals surface area contributed by atoms with Crippen molar-refractivity contribution < 1.29 is 14.3 Å². The van der Waals surface area contributed by atoms with Gasteiger partial charge in [-0.2, -0.15) is 0 Å². The van der Waals surface area contributed by atoms with E-state index in [9.17, 15) is 4.79 Å². The van der Waals surface area contributed by atoms with Crippen molar-refractivity contribution in [1.29, 1.82) is 0 Å². The van der Waals surface area contributed by atoms with Gasteiger partial charge in [-0.15, -0.1) is 0 Å². The zero-order chi connectivity index (χ0) is 12.3. The fraction of sp³-hybridized carbons (Fsp3) is 0.909. The second-order valence-corrected chi connectivity index (χ2v) is 4.79. The third-order valence-corrected chi connectivity index (χ3v) is 3.56. The summed E-state index contributed by atoms with van der Waals surface area (Å²) in [6.45, 7) is 2.50. The minimum atomic E-state index is -0.377. The van der Waals surface area contributed by atoms with Gasteiger partial charge in [-0.3, -0.25) is 15.1 Å². The largest absolute Gasteiger partial charge is 0.380 e. The summed E-state index contributed by atoms with van der Waals surface area (Å²) in [5.74, 6) is 4.87. The molecule has 3 N–H and O–H groups in total. The van der Waals surface area contributed by atoms with Crippen molar-refractivity contribution in [1.82, 2.24) is 10.3 Å². The number of nitrogens with one attached hydrogen (secondary N) is 1. The summed E-state index contributed by atoms with van der Waals surface area (Å²) >= 11 is 0. The average molecular weight is 243 g/mol. The molecule has 3 unspecified atom stereocenters. The van der Waals surface area contributed by atoms with Crippen molar-refractivity contribution in [3.05, 3.63) is 0 Å². The standard InChI is InChI=1S/C11H21N3O3/c1-14(8-4-5-16-7-8)6-9-2-3-10(17-9)11(15)13-12/h8-10H,2-7,12H2,1H3,(H,13,15). The van der Waals surface area contributed by atoms with E-state index in [1.165, 1.54) is 0 Å². The number of nitrogens with zero attached hydrogens (tertiary/aromatic N) is 1. The van der Waals surface area contributed by atoms with Gasteiger partial charge in [0, 0.05) is 19.2 Å². The summed E-state index contributed by atoms with van der Waals surface area (Å²) in [6, 6.07) is 0.487. The lowest BCUT2D eigenvalue weighted by atomic mass is 10.1. The SMILES string of the molecule is CN(CC1CCC(C(=O)NN)O1)C1CCOC1. The molecule has 0 aromatic heterocycles. The molecule has 98 valence electrons. The van der Waals surface area contributed by atoms with Crippen LogP contribution in [0.1, 0.15) is 19.3 Å². The van der Waals surface area contributed by atoms with E-state index in [1.807, 2.05) is 0 Å². The molecular formula is C11H21N3O3. The fourth-order valence-electron chi connectivity index (χ4n) is 2.47. The fourth-order valence-corrected chi connectivity index (χ4v) is 2.47. The molecule has 0 aliphatic carbocycles. The van der Waals surface area contributed by atoms with E-state index in [4.69, 9.17) is 15.3 Å². The van der Waals surface area contributed by atoms with Gasteiger partial charge in [-0.25, -0.2) is 5.84 Å². The van der Waals surface area contributed by atoms with Crippen LogP contribution in [0.25, 0.3) is 0 Å². The van der Waals surface area contributed by atoms with Gasteiger partial charge in [0.25, 0.3) is 5.91 Å². The Bertz CT molecular complexity index is 269. The highest BCUT2D eigenvalue weighted by atomic mass is 16.5. The van der Waals surface area contributed by atoms with Gasteiger partial charge in [-0.05, 0) is 26.3 Å². The maximum atomic E-state index is 11.3. The van der Waals surface area contributed by atoms with Crippen LogP contribution in [-0.4, -0.2) is 55.9 Å². The van der Waals surface area contributed by atoms with Crippen LogP contribution in [0.4, 0.5) is 0 Å². The highest BCUT2D eigenvalue weighted by Gasteiger charge is 2.32. The molecule has 17 heavy (non-hydrogen) atoms. The number of carbonyl (C=O) groups excluding carboxylic acids is 1.